The minimum absolute atomic E-state index is 0.0858. The standard InChI is InChI=1S/C12H20N2O2S/c1-3-11-5-7-12(8-6-11)14(10-9-13)17(15,16)4-2/h5-8H,3-4,9-10,13H2,1-2H3. The zero-order chi connectivity index (χ0) is 12.9. The van der Waals surface area contributed by atoms with E-state index in [0.717, 1.165) is 6.42 Å². The molecule has 0 aliphatic rings. The maximum atomic E-state index is 11.9. The first kappa shape index (κ1) is 14.0. The number of aryl methyl sites for hydroxylation is 1. The van der Waals surface area contributed by atoms with Crippen molar-refractivity contribution < 1.29 is 8.42 Å². The third kappa shape index (κ3) is 3.44. The van der Waals surface area contributed by atoms with Gasteiger partial charge in [0.1, 0.15) is 0 Å². The zero-order valence-electron chi connectivity index (χ0n) is 10.4. The van der Waals surface area contributed by atoms with E-state index in [0.29, 0.717) is 18.8 Å². The number of nitrogens with zero attached hydrogens (tertiary/aromatic N) is 1. The smallest absolute Gasteiger partial charge is 0.234 e. The molecule has 0 fully saturated rings. The van der Waals surface area contributed by atoms with Crippen LogP contribution < -0.4 is 10.0 Å². The minimum atomic E-state index is -3.24. The molecule has 0 radical (unpaired) electrons. The average molecular weight is 256 g/mol. The molecule has 0 aliphatic heterocycles. The van der Waals surface area contributed by atoms with Gasteiger partial charge in [-0.15, -0.1) is 0 Å². The molecule has 4 nitrogen and oxygen atoms in total. The van der Waals surface area contributed by atoms with Crippen molar-refractivity contribution in [3.8, 4) is 0 Å². The van der Waals surface area contributed by atoms with Crippen LogP contribution in [0.3, 0.4) is 0 Å². The summed E-state index contributed by atoms with van der Waals surface area (Å²) in [5, 5.41) is 0. The lowest BCUT2D eigenvalue weighted by atomic mass is 10.1. The second-order valence-corrected chi connectivity index (χ2v) is 5.96. The van der Waals surface area contributed by atoms with Crippen molar-refractivity contribution in [1.29, 1.82) is 0 Å². The zero-order valence-corrected chi connectivity index (χ0v) is 11.2. The number of hydrogen-bond acceptors (Lipinski definition) is 3. The van der Waals surface area contributed by atoms with Gasteiger partial charge < -0.3 is 5.73 Å². The molecule has 0 bridgehead atoms. The van der Waals surface area contributed by atoms with Crippen molar-refractivity contribution in [3.05, 3.63) is 29.8 Å². The van der Waals surface area contributed by atoms with Crippen LogP contribution in [0.4, 0.5) is 5.69 Å². The van der Waals surface area contributed by atoms with Gasteiger partial charge >= 0.3 is 0 Å². The summed E-state index contributed by atoms with van der Waals surface area (Å²) in [5.74, 6) is 0.0858. The molecule has 1 rings (SSSR count). The SMILES string of the molecule is CCc1ccc(N(CCN)S(=O)(=O)CC)cc1. The fourth-order valence-corrected chi connectivity index (χ4v) is 2.74. The van der Waals surface area contributed by atoms with Crippen molar-refractivity contribution >= 4 is 15.7 Å². The highest BCUT2D eigenvalue weighted by atomic mass is 32.2. The molecule has 1 aromatic rings. The Kier molecular flexibility index (Phi) is 4.96. The molecule has 0 saturated heterocycles. The average Bonchev–Trinajstić information content (AvgIpc) is 2.36. The molecule has 0 heterocycles. The quantitative estimate of drug-likeness (QED) is 0.836. The van der Waals surface area contributed by atoms with Crippen LogP contribution in [0.1, 0.15) is 19.4 Å². The van der Waals surface area contributed by atoms with Gasteiger partial charge in [0, 0.05) is 13.1 Å². The number of benzene rings is 1. The molecule has 5 heteroatoms. The van der Waals surface area contributed by atoms with Crippen LogP contribution in [0.25, 0.3) is 0 Å². The first-order valence-corrected chi connectivity index (χ1v) is 7.45. The summed E-state index contributed by atoms with van der Waals surface area (Å²) in [4.78, 5) is 0. The number of hydrogen-bond donors (Lipinski definition) is 1. The van der Waals surface area contributed by atoms with Gasteiger partial charge in [0.2, 0.25) is 10.0 Å². The maximum absolute atomic E-state index is 11.9. The van der Waals surface area contributed by atoms with Crippen LogP contribution in [0, 0.1) is 0 Å². The molecule has 0 saturated carbocycles. The molecule has 0 unspecified atom stereocenters. The van der Waals surface area contributed by atoms with Gasteiger partial charge in [0.25, 0.3) is 0 Å². The van der Waals surface area contributed by atoms with E-state index in [1.54, 1.807) is 6.92 Å². The molecule has 1 aromatic carbocycles. The summed E-state index contributed by atoms with van der Waals surface area (Å²) in [6.07, 6.45) is 0.942. The Morgan fingerprint density at radius 3 is 2.18 bits per heavy atom. The van der Waals surface area contributed by atoms with Gasteiger partial charge in [-0.1, -0.05) is 19.1 Å². The topological polar surface area (TPSA) is 63.4 Å². The summed E-state index contributed by atoms with van der Waals surface area (Å²) in [6, 6.07) is 7.57. The Morgan fingerprint density at radius 1 is 1.18 bits per heavy atom. The summed E-state index contributed by atoms with van der Waals surface area (Å²) < 4.78 is 25.2. The molecule has 0 aromatic heterocycles. The summed E-state index contributed by atoms with van der Waals surface area (Å²) >= 11 is 0. The van der Waals surface area contributed by atoms with Crippen molar-refractivity contribution in [1.82, 2.24) is 0 Å². The van der Waals surface area contributed by atoms with Crippen LogP contribution >= 0.6 is 0 Å². The largest absolute Gasteiger partial charge is 0.329 e. The summed E-state index contributed by atoms with van der Waals surface area (Å²) in [5.41, 5.74) is 7.35. The van der Waals surface area contributed by atoms with Crippen LogP contribution in [-0.4, -0.2) is 27.3 Å². The van der Waals surface area contributed by atoms with Crippen molar-refractivity contribution in [3.63, 3.8) is 0 Å². The molecule has 96 valence electrons. The van der Waals surface area contributed by atoms with Crippen molar-refractivity contribution in [2.24, 2.45) is 5.73 Å². The summed E-state index contributed by atoms with van der Waals surface area (Å²) in [7, 11) is -3.24. The number of anilines is 1. The monoisotopic (exact) mass is 256 g/mol. The third-order valence-electron chi connectivity index (χ3n) is 2.67. The first-order chi connectivity index (χ1) is 8.05. The fraction of sp³-hybridized carbons (Fsp3) is 0.500. The van der Waals surface area contributed by atoms with Crippen LogP contribution in [0.5, 0.6) is 0 Å². The van der Waals surface area contributed by atoms with Gasteiger partial charge in [-0.05, 0) is 31.0 Å². The van der Waals surface area contributed by atoms with E-state index in [1.165, 1.54) is 9.87 Å². The van der Waals surface area contributed by atoms with E-state index in [4.69, 9.17) is 5.73 Å². The third-order valence-corrected chi connectivity index (χ3v) is 4.46. The summed E-state index contributed by atoms with van der Waals surface area (Å²) in [6.45, 7) is 4.34. The lowest BCUT2D eigenvalue weighted by Crippen LogP contribution is -2.36. The predicted molar refractivity (Wildman–Crippen MR) is 71.7 cm³/mol. The van der Waals surface area contributed by atoms with E-state index in [1.807, 2.05) is 24.3 Å². The molecule has 0 amide bonds. The Labute approximate surface area is 103 Å². The van der Waals surface area contributed by atoms with Crippen LogP contribution in [-0.2, 0) is 16.4 Å². The van der Waals surface area contributed by atoms with E-state index in [9.17, 15) is 8.42 Å². The molecule has 0 aliphatic carbocycles. The van der Waals surface area contributed by atoms with Crippen LogP contribution in [0.15, 0.2) is 24.3 Å². The molecule has 17 heavy (non-hydrogen) atoms. The van der Waals surface area contributed by atoms with Crippen molar-refractivity contribution in [2.45, 2.75) is 20.3 Å². The second-order valence-electron chi connectivity index (χ2n) is 3.78. The van der Waals surface area contributed by atoms with Crippen LogP contribution in [0.2, 0.25) is 0 Å². The highest BCUT2D eigenvalue weighted by Crippen LogP contribution is 2.19. The van der Waals surface area contributed by atoms with Crippen molar-refractivity contribution in [2.75, 3.05) is 23.1 Å². The molecule has 2 N–H and O–H groups in total. The second kappa shape index (κ2) is 6.02. The Bertz CT molecular complexity index is 440. The van der Waals surface area contributed by atoms with Gasteiger partial charge in [0.05, 0.1) is 11.4 Å². The Hall–Kier alpha value is -1.07. The van der Waals surface area contributed by atoms with E-state index >= 15 is 0 Å². The maximum Gasteiger partial charge on any atom is 0.234 e. The van der Waals surface area contributed by atoms with Gasteiger partial charge in [-0.2, -0.15) is 0 Å². The lowest BCUT2D eigenvalue weighted by Gasteiger charge is -2.23. The van der Waals surface area contributed by atoms with Gasteiger partial charge in [-0.3, -0.25) is 4.31 Å². The first-order valence-electron chi connectivity index (χ1n) is 5.84. The number of nitrogens with two attached hydrogens (primary N) is 1. The fourth-order valence-electron chi connectivity index (χ4n) is 1.60. The molecular formula is C12H20N2O2S. The Morgan fingerprint density at radius 2 is 1.76 bits per heavy atom. The van der Waals surface area contributed by atoms with Gasteiger partial charge in [-0.25, -0.2) is 8.42 Å². The van der Waals surface area contributed by atoms with E-state index in [2.05, 4.69) is 6.92 Å². The molecule has 0 spiro atoms. The highest BCUT2D eigenvalue weighted by Gasteiger charge is 2.19. The number of rotatable bonds is 6. The molecule has 0 atom stereocenters. The normalized spacial score (nSPS) is 11.5. The predicted octanol–water partition coefficient (Wildman–Crippen LogP) is 1.36. The van der Waals surface area contributed by atoms with E-state index in [-0.39, 0.29) is 5.75 Å². The van der Waals surface area contributed by atoms with E-state index < -0.39 is 10.0 Å². The highest BCUT2D eigenvalue weighted by molar-refractivity contribution is 7.92. The molecular weight excluding hydrogens is 236 g/mol. The Balaban J connectivity index is 3.05. The lowest BCUT2D eigenvalue weighted by molar-refractivity contribution is 0.592. The van der Waals surface area contributed by atoms with Gasteiger partial charge in [0.15, 0.2) is 0 Å². The minimum Gasteiger partial charge on any atom is -0.329 e. The number of sulfonamides is 1.